The van der Waals surface area contributed by atoms with Crippen molar-refractivity contribution < 1.29 is 14.6 Å². The molecule has 0 aliphatic rings. The molecule has 0 bridgehead atoms. The number of anilines is 1. The summed E-state index contributed by atoms with van der Waals surface area (Å²) in [6, 6.07) is 15.3. The monoisotopic (exact) mass is 287 g/mol. The van der Waals surface area contributed by atoms with Crippen LogP contribution in [-0.4, -0.2) is 25.9 Å². The van der Waals surface area contributed by atoms with Gasteiger partial charge >= 0.3 is 0 Å². The predicted octanol–water partition coefficient (Wildman–Crippen LogP) is 3.02. The van der Waals surface area contributed by atoms with Gasteiger partial charge in [0.05, 0.1) is 26.4 Å². The maximum absolute atomic E-state index is 9.90. The molecule has 0 aliphatic carbocycles. The van der Waals surface area contributed by atoms with E-state index >= 15 is 0 Å². The average molecular weight is 287 g/mol. The van der Waals surface area contributed by atoms with Crippen LogP contribution in [-0.2, 0) is 5.54 Å². The zero-order valence-electron chi connectivity index (χ0n) is 12.6. The molecule has 2 aromatic carbocycles. The van der Waals surface area contributed by atoms with Crippen LogP contribution in [0.15, 0.2) is 48.5 Å². The Bertz CT molecular complexity index is 600. The van der Waals surface area contributed by atoms with Gasteiger partial charge in [-0.1, -0.05) is 24.3 Å². The fourth-order valence-electron chi connectivity index (χ4n) is 2.31. The van der Waals surface area contributed by atoms with Crippen molar-refractivity contribution in [3.8, 4) is 11.5 Å². The second kappa shape index (κ2) is 6.50. The van der Waals surface area contributed by atoms with Crippen molar-refractivity contribution in [3.63, 3.8) is 0 Å². The van der Waals surface area contributed by atoms with Crippen LogP contribution in [0, 0.1) is 0 Å². The molecule has 0 spiro atoms. The van der Waals surface area contributed by atoms with E-state index in [2.05, 4.69) is 5.32 Å². The molecule has 0 radical (unpaired) electrons. The van der Waals surface area contributed by atoms with Crippen molar-refractivity contribution in [1.82, 2.24) is 0 Å². The van der Waals surface area contributed by atoms with Gasteiger partial charge < -0.3 is 19.9 Å². The molecule has 21 heavy (non-hydrogen) atoms. The first kappa shape index (κ1) is 15.2. The van der Waals surface area contributed by atoms with Crippen LogP contribution >= 0.6 is 0 Å². The molecule has 0 amide bonds. The van der Waals surface area contributed by atoms with Gasteiger partial charge in [-0.25, -0.2) is 0 Å². The summed E-state index contributed by atoms with van der Waals surface area (Å²) in [6.45, 7) is 1.87. The van der Waals surface area contributed by atoms with Crippen molar-refractivity contribution in [2.45, 2.75) is 12.5 Å². The molecule has 1 unspecified atom stereocenters. The average Bonchev–Trinajstić information content (AvgIpc) is 2.54. The van der Waals surface area contributed by atoms with E-state index in [0.717, 1.165) is 22.7 Å². The number of hydrogen-bond acceptors (Lipinski definition) is 4. The van der Waals surface area contributed by atoms with E-state index in [1.807, 2.05) is 55.5 Å². The highest BCUT2D eigenvalue weighted by molar-refractivity contribution is 5.53. The molecule has 2 aromatic rings. The smallest absolute Gasteiger partial charge is 0.124 e. The number of benzene rings is 2. The van der Waals surface area contributed by atoms with Crippen LogP contribution < -0.4 is 14.8 Å². The summed E-state index contributed by atoms with van der Waals surface area (Å²) in [6.07, 6.45) is 0. The minimum Gasteiger partial charge on any atom is -0.497 e. The highest BCUT2D eigenvalue weighted by Gasteiger charge is 2.28. The van der Waals surface area contributed by atoms with Crippen LogP contribution in [0.4, 0.5) is 5.69 Å². The summed E-state index contributed by atoms with van der Waals surface area (Å²) < 4.78 is 10.6. The molecule has 0 saturated heterocycles. The maximum atomic E-state index is 9.90. The Morgan fingerprint density at radius 3 is 2.48 bits per heavy atom. The lowest BCUT2D eigenvalue weighted by atomic mass is 9.91. The molecule has 0 saturated carbocycles. The Labute approximate surface area is 125 Å². The lowest BCUT2D eigenvalue weighted by molar-refractivity contribution is 0.220. The normalized spacial score (nSPS) is 13.3. The number of nitrogens with one attached hydrogen (secondary N) is 1. The van der Waals surface area contributed by atoms with Crippen LogP contribution in [0.1, 0.15) is 12.5 Å². The summed E-state index contributed by atoms with van der Waals surface area (Å²) in [5.41, 5.74) is 1.12. The molecule has 0 aliphatic heterocycles. The SMILES string of the molecule is COc1cccc(NC(C)(CO)c2ccccc2OC)c1. The Balaban J connectivity index is 2.36. The van der Waals surface area contributed by atoms with E-state index in [1.165, 1.54) is 0 Å². The molecular formula is C17H21NO3. The number of hydrogen-bond donors (Lipinski definition) is 2. The highest BCUT2D eigenvalue weighted by atomic mass is 16.5. The summed E-state index contributed by atoms with van der Waals surface area (Å²) in [4.78, 5) is 0. The molecule has 4 heteroatoms. The van der Waals surface area contributed by atoms with Crippen molar-refractivity contribution in [1.29, 1.82) is 0 Å². The third-order valence-corrected chi connectivity index (χ3v) is 3.51. The Morgan fingerprint density at radius 1 is 1.05 bits per heavy atom. The van der Waals surface area contributed by atoms with E-state index in [4.69, 9.17) is 9.47 Å². The molecule has 112 valence electrons. The summed E-state index contributed by atoms with van der Waals surface area (Å²) >= 11 is 0. The van der Waals surface area contributed by atoms with Gasteiger partial charge in [-0.05, 0) is 25.1 Å². The van der Waals surface area contributed by atoms with E-state index in [0.29, 0.717) is 0 Å². The van der Waals surface area contributed by atoms with E-state index < -0.39 is 5.54 Å². The quantitative estimate of drug-likeness (QED) is 0.857. The predicted molar refractivity (Wildman–Crippen MR) is 84.0 cm³/mol. The summed E-state index contributed by atoms with van der Waals surface area (Å²) in [7, 11) is 3.26. The standard InChI is InChI=1S/C17H21NO3/c1-17(12-19,15-9-4-5-10-16(15)21-3)18-13-7-6-8-14(11-13)20-2/h4-11,18-19H,12H2,1-3H3. The second-order valence-corrected chi connectivity index (χ2v) is 5.05. The van der Waals surface area contributed by atoms with Crippen LogP contribution in [0.25, 0.3) is 0 Å². The van der Waals surface area contributed by atoms with Crippen LogP contribution in [0.2, 0.25) is 0 Å². The van der Waals surface area contributed by atoms with Gasteiger partial charge in [-0.3, -0.25) is 0 Å². The first-order valence-corrected chi connectivity index (χ1v) is 6.79. The molecule has 2 N–H and O–H groups in total. The molecular weight excluding hydrogens is 266 g/mol. The summed E-state index contributed by atoms with van der Waals surface area (Å²) in [5.74, 6) is 1.50. The van der Waals surface area contributed by atoms with Gasteiger partial charge in [0.15, 0.2) is 0 Å². The van der Waals surface area contributed by atoms with Gasteiger partial charge in [0.2, 0.25) is 0 Å². The number of ether oxygens (including phenoxy) is 2. The lowest BCUT2D eigenvalue weighted by Crippen LogP contribution is -2.36. The van der Waals surface area contributed by atoms with Crippen molar-refractivity contribution in [2.24, 2.45) is 0 Å². The molecule has 4 nitrogen and oxygen atoms in total. The number of para-hydroxylation sites is 1. The first-order valence-electron chi connectivity index (χ1n) is 6.79. The fourth-order valence-corrected chi connectivity index (χ4v) is 2.31. The Kier molecular flexibility index (Phi) is 4.70. The van der Waals surface area contributed by atoms with Crippen molar-refractivity contribution >= 4 is 5.69 Å². The van der Waals surface area contributed by atoms with Crippen LogP contribution in [0.3, 0.4) is 0 Å². The van der Waals surface area contributed by atoms with Gasteiger partial charge in [-0.2, -0.15) is 0 Å². The van der Waals surface area contributed by atoms with Gasteiger partial charge in [0, 0.05) is 17.3 Å². The fraction of sp³-hybridized carbons (Fsp3) is 0.294. The van der Waals surface area contributed by atoms with Gasteiger partial charge in [-0.15, -0.1) is 0 Å². The second-order valence-electron chi connectivity index (χ2n) is 5.05. The number of aliphatic hydroxyl groups is 1. The third kappa shape index (κ3) is 3.28. The topological polar surface area (TPSA) is 50.7 Å². The van der Waals surface area contributed by atoms with Gasteiger partial charge in [0.25, 0.3) is 0 Å². The highest BCUT2D eigenvalue weighted by Crippen LogP contribution is 2.33. The van der Waals surface area contributed by atoms with E-state index in [1.54, 1.807) is 14.2 Å². The van der Waals surface area contributed by atoms with E-state index in [9.17, 15) is 5.11 Å². The minimum absolute atomic E-state index is 0.0649. The molecule has 2 rings (SSSR count). The third-order valence-electron chi connectivity index (χ3n) is 3.51. The minimum atomic E-state index is -0.654. The zero-order valence-corrected chi connectivity index (χ0v) is 12.6. The first-order chi connectivity index (χ1) is 10.1. The number of aliphatic hydroxyl groups excluding tert-OH is 1. The Hall–Kier alpha value is -2.20. The maximum Gasteiger partial charge on any atom is 0.124 e. The molecule has 1 atom stereocenters. The largest absolute Gasteiger partial charge is 0.497 e. The lowest BCUT2D eigenvalue weighted by Gasteiger charge is -2.31. The molecule has 0 aromatic heterocycles. The van der Waals surface area contributed by atoms with E-state index in [-0.39, 0.29) is 6.61 Å². The van der Waals surface area contributed by atoms with Crippen molar-refractivity contribution in [3.05, 3.63) is 54.1 Å². The summed E-state index contributed by atoms with van der Waals surface area (Å²) in [5, 5.41) is 13.3. The number of rotatable bonds is 6. The van der Waals surface area contributed by atoms with Crippen LogP contribution in [0.5, 0.6) is 11.5 Å². The molecule has 0 heterocycles. The Morgan fingerprint density at radius 2 is 1.81 bits per heavy atom. The van der Waals surface area contributed by atoms with Crippen molar-refractivity contribution in [2.75, 3.05) is 26.1 Å². The number of methoxy groups -OCH3 is 2. The molecule has 0 fully saturated rings. The van der Waals surface area contributed by atoms with Gasteiger partial charge in [0.1, 0.15) is 11.5 Å². The zero-order chi connectivity index (χ0) is 15.3.